The van der Waals surface area contributed by atoms with Crippen LogP contribution in [0.15, 0.2) is 42.5 Å². The Labute approximate surface area is 178 Å². The van der Waals surface area contributed by atoms with Crippen molar-refractivity contribution < 1.29 is 19.1 Å². The molecule has 0 spiro atoms. The summed E-state index contributed by atoms with van der Waals surface area (Å²) in [6.45, 7) is 7.46. The second-order valence-electron chi connectivity index (χ2n) is 8.14. The summed E-state index contributed by atoms with van der Waals surface area (Å²) >= 11 is 0. The Bertz CT molecular complexity index is 910. The number of rotatable bonds is 7. The Hall–Kier alpha value is -3.02. The Balaban J connectivity index is 1.71. The van der Waals surface area contributed by atoms with Crippen molar-refractivity contribution in [2.45, 2.75) is 39.8 Å². The number of carbonyl (C=O) groups is 2. The molecule has 0 saturated carbocycles. The molecule has 0 radical (unpaired) electrons. The van der Waals surface area contributed by atoms with Gasteiger partial charge in [0.1, 0.15) is 19.3 Å². The van der Waals surface area contributed by atoms with E-state index in [1.807, 2.05) is 57.2 Å². The molecule has 1 aliphatic heterocycles. The van der Waals surface area contributed by atoms with Crippen LogP contribution < -0.4 is 14.8 Å². The topological polar surface area (TPSA) is 67.9 Å². The van der Waals surface area contributed by atoms with E-state index in [9.17, 15) is 9.59 Å². The highest BCUT2D eigenvalue weighted by Crippen LogP contribution is 2.31. The van der Waals surface area contributed by atoms with E-state index < -0.39 is 6.04 Å². The maximum absolute atomic E-state index is 13.2. The zero-order valence-corrected chi connectivity index (χ0v) is 18.1. The van der Waals surface area contributed by atoms with E-state index in [-0.39, 0.29) is 17.7 Å². The van der Waals surface area contributed by atoms with Gasteiger partial charge in [0.05, 0.1) is 0 Å². The number of hydrogen-bond acceptors (Lipinski definition) is 4. The molecule has 0 aromatic heterocycles. The van der Waals surface area contributed by atoms with E-state index in [1.165, 1.54) is 0 Å². The summed E-state index contributed by atoms with van der Waals surface area (Å²) in [4.78, 5) is 27.6. The van der Waals surface area contributed by atoms with Crippen LogP contribution in [0.4, 0.5) is 0 Å². The predicted molar refractivity (Wildman–Crippen MR) is 116 cm³/mol. The van der Waals surface area contributed by atoms with Gasteiger partial charge in [-0.05, 0) is 48.6 Å². The molecule has 1 aliphatic rings. The van der Waals surface area contributed by atoms with E-state index in [1.54, 1.807) is 18.0 Å². The average Bonchev–Trinajstić information content (AvgIpc) is 2.72. The number of likely N-dealkylation sites (N-methyl/N-ethyl adjacent to an activating group) is 1. The Morgan fingerprint density at radius 3 is 2.47 bits per heavy atom. The van der Waals surface area contributed by atoms with Crippen LogP contribution in [-0.2, 0) is 11.3 Å². The van der Waals surface area contributed by atoms with Crippen LogP contribution in [0.3, 0.4) is 0 Å². The molecule has 1 heterocycles. The van der Waals surface area contributed by atoms with Crippen molar-refractivity contribution in [2.75, 3.05) is 20.3 Å². The maximum Gasteiger partial charge on any atom is 0.252 e. The van der Waals surface area contributed by atoms with Gasteiger partial charge in [-0.1, -0.05) is 38.1 Å². The van der Waals surface area contributed by atoms with E-state index >= 15 is 0 Å². The van der Waals surface area contributed by atoms with Gasteiger partial charge in [-0.3, -0.25) is 9.59 Å². The first-order valence-electron chi connectivity index (χ1n) is 10.3. The highest BCUT2D eigenvalue weighted by molar-refractivity contribution is 5.98. The zero-order chi connectivity index (χ0) is 21.7. The summed E-state index contributed by atoms with van der Waals surface area (Å²) in [7, 11) is 1.76. The standard InChI is InChI=1S/C24H30N2O4/c1-16(2)13-20(25-23(27)19-8-6-5-7-17(19)3)24(28)26(4)15-18-9-10-21-22(14-18)30-12-11-29-21/h5-10,14,16,20H,11-13,15H2,1-4H3,(H,25,27). The molecule has 1 atom stereocenters. The fraction of sp³-hybridized carbons (Fsp3) is 0.417. The van der Waals surface area contributed by atoms with Crippen LogP contribution in [0, 0.1) is 12.8 Å². The molecule has 3 rings (SSSR count). The molecule has 160 valence electrons. The number of amides is 2. The third kappa shape index (κ3) is 5.32. The van der Waals surface area contributed by atoms with Crippen molar-refractivity contribution in [1.29, 1.82) is 0 Å². The van der Waals surface area contributed by atoms with Crippen LogP contribution in [-0.4, -0.2) is 43.0 Å². The van der Waals surface area contributed by atoms with Crippen molar-refractivity contribution >= 4 is 11.8 Å². The maximum atomic E-state index is 13.2. The number of carbonyl (C=O) groups excluding carboxylic acids is 2. The number of aryl methyl sites for hydroxylation is 1. The molecule has 1 N–H and O–H groups in total. The molecule has 0 bridgehead atoms. The molecule has 0 fully saturated rings. The summed E-state index contributed by atoms with van der Waals surface area (Å²) < 4.78 is 11.2. The molecule has 2 amide bonds. The van der Waals surface area contributed by atoms with Crippen molar-refractivity contribution in [2.24, 2.45) is 5.92 Å². The summed E-state index contributed by atoms with van der Waals surface area (Å²) in [6.07, 6.45) is 0.571. The Kier molecular flexibility index (Phi) is 6.98. The van der Waals surface area contributed by atoms with Crippen molar-refractivity contribution in [3.63, 3.8) is 0 Å². The minimum atomic E-state index is -0.584. The highest BCUT2D eigenvalue weighted by atomic mass is 16.6. The van der Waals surface area contributed by atoms with Crippen molar-refractivity contribution in [3.8, 4) is 11.5 Å². The predicted octanol–water partition coefficient (Wildman–Crippen LogP) is 3.57. The normalized spacial score (nSPS) is 13.6. The van der Waals surface area contributed by atoms with Crippen molar-refractivity contribution in [1.82, 2.24) is 10.2 Å². The second-order valence-corrected chi connectivity index (χ2v) is 8.14. The van der Waals surface area contributed by atoms with Gasteiger partial charge in [0, 0.05) is 19.2 Å². The van der Waals surface area contributed by atoms with Crippen molar-refractivity contribution in [3.05, 3.63) is 59.2 Å². The quantitative estimate of drug-likeness (QED) is 0.758. The summed E-state index contributed by atoms with van der Waals surface area (Å²) in [5, 5.41) is 2.95. The molecule has 0 saturated heterocycles. The monoisotopic (exact) mass is 410 g/mol. The smallest absolute Gasteiger partial charge is 0.252 e. The van der Waals surface area contributed by atoms with Gasteiger partial charge in [-0.15, -0.1) is 0 Å². The van der Waals surface area contributed by atoms with E-state index in [0.29, 0.717) is 37.5 Å². The lowest BCUT2D eigenvalue weighted by Gasteiger charge is -2.26. The number of ether oxygens (including phenoxy) is 2. The van der Waals surface area contributed by atoms with Crippen LogP contribution in [0.25, 0.3) is 0 Å². The van der Waals surface area contributed by atoms with E-state index in [2.05, 4.69) is 5.32 Å². The Morgan fingerprint density at radius 1 is 1.07 bits per heavy atom. The molecule has 6 heteroatoms. The number of fused-ring (bicyclic) bond motifs is 1. The van der Waals surface area contributed by atoms with Gasteiger partial charge in [-0.25, -0.2) is 0 Å². The fourth-order valence-electron chi connectivity index (χ4n) is 3.56. The molecule has 1 unspecified atom stereocenters. The summed E-state index contributed by atoms with van der Waals surface area (Å²) in [6, 6.07) is 12.5. The first-order valence-corrected chi connectivity index (χ1v) is 10.3. The minimum Gasteiger partial charge on any atom is -0.486 e. The zero-order valence-electron chi connectivity index (χ0n) is 18.1. The largest absolute Gasteiger partial charge is 0.486 e. The number of benzene rings is 2. The lowest BCUT2D eigenvalue weighted by Crippen LogP contribution is -2.47. The highest BCUT2D eigenvalue weighted by Gasteiger charge is 2.26. The minimum absolute atomic E-state index is 0.111. The molecule has 2 aromatic rings. The van der Waals surface area contributed by atoms with Gasteiger partial charge in [0.15, 0.2) is 11.5 Å². The third-order valence-electron chi connectivity index (χ3n) is 5.10. The van der Waals surface area contributed by atoms with E-state index in [0.717, 1.165) is 16.9 Å². The van der Waals surface area contributed by atoms with Gasteiger partial charge in [-0.2, -0.15) is 0 Å². The number of nitrogens with one attached hydrogen (secondary N) is 1. The second kappa shape index (κ2) is 9.65. The van der Waals surface area contributed by atoms with Crippen LogP contribution in [0.1, 0.15) is 41.8 Å². The number of nitrogens with zero attached hydrogens (tertiary/aromatic N) is 1. The van der Waals surface area contributed by atoms with Crippen LogP contribution in [0.5, 0.6) is 11.5 Å². The van der Waals surface area contributed by atoms with E-state index in [4.69, 9.17) is 9.47 Å². The van der Waals surface area contributed by atoms with Gasteiger partial charge in [0.25, 0.3) is 5.91 Å². The van der Waals surface area contributed by atoms with Crippen LogP contribution >= 0.6 is 0 Å². The summed E-state index contributed by atoms with van der Waals surface area (Å²) in [5.74, 6) is 1.35. The Morgan fingerprint density at radius 2 is 1.77 bits per heavy atom. The molecular weight excluding hydrogens is 380 g/mol. The average molecular weight is 411 g/mol. The lowest BCUT2D eigenvalue weighted by atomic mass is 10.0. The third-order valence-corrected chi connectivity index (χ3v) is 5.10. The van der Waals surface area contributed by atoms with Gasteiger partial charge in [0.2, 0.25) is 5.91 Å². The molecule has 2 aromatic carbocycles. The fourth-order valence-corrected chi connectivity index (χ4v) is 3.56. The molecule has 30 heavy (non-hydrogen) atoms. The summed E-state index contributed by atoms with van der Waals surface area (Å²) in [5.41, 5.74) is 2.42. The van der Waals surface area contributed by atoms with Crippen LogP contribution in [0.2, 0.25) is 0 Å². The van der Waals surface area contributed by atoms with Gasteiger partial charge < -0.3 is 19.7 Å². The van der Waals surface area contributed by atoms with Gasteiger partial charge >= 0.3 is 0 Å². The molecule has 0 aliphatic carbocycles. The molecule has 6 nitrogen and oxygen atoms in total. The molecular formula is C24H30N2O4. The SMILES string of the molecule is Cc1ccccc1C(=O)NC(CC(C)C)C(=O)N(C)Cc1ccc2c(c1)OCCO2. The first-order chi connectivity index (χ1) is 14.3. The first kappa shape index (κ1) is 21.7. The lowest BCUT2D eigenvalue weighted by molar-refractivity contribution is -0.132. The number of hydrogen-bond donors (Lipinski definition) is 1.